The van der Waals surface area contributed by atoms with Crippen molar-refractivity contribution in [2.24, 2.45) is 0 Å². The Labute approximate surface area is 94.3 Å². The average molecular weight is 221 g/mol. The van der Waals surface area contributed by atoms with E-state index in [4.69, 9.17) is 5.11 Å². The van der Waals surface area contributed by atoms with Crippen LogP contribution in [0.3, 0.4) is 0 Å². The zero-order valence-corrected chi connectivity index (χ0v) is 9.14. The van der Waals surface area contributed by atoms with Crippen molar-refractivity contribution in [2.45, 2.75) is 25.8 Å². The second kappa shape index (κ2) is 5.90. The smallest absolute Gasteiger partial charge is 0.326 e. The van der Waals surface area contributed by atoms with E-state index in [2.05, 4.69) is 5.32 Å². The average Bonchev–Trinajstić information content (AvgIpc) is 2.29. The van der Waals surface area contributed by atoms with Gasteiger partial charge < -0.3 is 10.4 Å². The van der Waals surface area contributed by atoms with Gasteiger partial charge in [-0.05, 0) is 18.6 Å². The molecule has 4 nitrogen and oxygen atoms in total. The predicted molar refractivity (Wildman–Crippen MR) is 60.2 cm³/mol. The molecule has 86 valence electrons. The largest absolute Gasteiger partial charge is 0.480 e. The van der Waals surface area contributed by atoms with Gasteiger partial charge in [-0.1, -0.05) is 31.5 Å². The third-order valence-electron chi connectivity index (χ3n) is 2.22. The fraction of sp³-hybridized carbons (Fsp3) is 0.333. The molecule has 0 bridgehead atoms. The molecule has 1 amide bonds. The summed E-state index contributed by atoms with van der Waals surface area (Å²) in [5.74, 6) is -1.34. The lowest BCUT2D eigenvalue weighted by atomic mass is 10.1. The molecule has 0 aliphatic carbocycles. The van der Waals surface area contributed by atoms with Gasteiger partial charge in [-0.25, -0.2) is 4.79 Å². The molecule has 1 aromatic carbocycles. The molecule has 16 heavy (non-hydrogen) atoms. The summed E-state index contributed by atoms with van der Waals surface area (Å²) in [7, 11) is 0. The van der Waals surface area contributed by atoms with E-state index in [-0.39, 0.29) is 5.91 Å². The molecule has 1 aromatic rings. The van der Waals surface area contributed by atoms with Gasteiger partial charge in [0.05, 0.1) is 0 Å². The van der Waals surface area contributed by atoms with Crippen LogP contribution in [0.4, 0.5) is 0 Å². The summed E-state index contributed by atoms with van der Waals surface area (Å²) in [6, 6.07) is 7.78. The fourth-order valence-electron chi connectivity index (χ4n) is 1.38. The van der Waals surface area contributed by atoms with Gasteiger partial charge in [0.15, 0.2) is 0 Å². The van der Waals surface area contributed by atoms with Crippen LogP contribution in [0.2, 0.25) is 0 Å². The molecular formula is C12H15NO3. The minimum absolute atomic E-state index is 0.346. The standard InChI is InChI=1S/C12H15NO3/c1-2-6-10(12(15)16)13-11(14)9-7-4-3-5-8-9/h3-5,7-8,10H,2,6H2,1H3,(H,13,14)(H,15,16)/t10-/m0/s1. The van der Waals surface area contributed by atoms with Crippen LogP contribution in [-0.4, -0.2) is 23.0 Å². The maximum atomic E-state index is 11.7. The van der Waals surface area contributed by atoms with Crippen molar-refractivity contribution in [1.82, 2.24) is 5.32 Å². The maximum absolute atomic E-state index is 11.7. The Morgan fingerprint density at radius 3 is 2.44 bits per heavy atom. The monoisotopic (exact) mass is 221 g/mol. The molecule has 0 spiro atoms. The number of carboxylic acids is 1. The summed E-state index contributed by atoms with van der Waals surface area (Å²) in [5, 5.41) is 11.4. The molecule has 0 aliphatic rings. The third kappa shape index (κ3) is 3.38. The minimum Gasteiger partial charge on any atom is -0.480 e. The van der Waals surface area contributed by atoms with Gasteiger partial charge in [0.2, 0.25) is 0 Å². The number of hydrogen-bond acceptors (Lipinski definition) is 2. The van der Waals surface area contributed by atoms with E-state index >= 15 is 0 Å². The zero-order valence-electron chi connectivity index (χ0n) is 9.14. The fourth-order valence-corrected chi connectivity index (χ4v) is 1.38. The number of aliphatic carboxylic acids is 1. The van der Waals surface area contributed by atoms with Gasteiger partial charge in [0.1, 0.15) is 6.04 Å². The lowest BCUT2D eigenvalue weighted by molar-refractivity contribution is -0.139. The summed E-state index contributed by atoms with van der Waals surface area (Å²) >= 11 is 0. The molecule has 4 heteroatoms. The molecular weight excluding hydrogens is 206 g/mol. The van der Waals surface area contributed by atoms with E-state index in [1.54, 1.807) is 30.3 Å². The quantitative estimate of drug-likeness (QED) is 0.794. The van der Waals surface area contributed by atoms with Crippen molar-refractivity contribution in [3.63, 3.8) is 0 Å². The SMILES string of the molecule is CCC[C@H](NC(=O)c1ccccc1)C(=O)O. The van der Waals surface area contributed by atoms with E-state index in [0.717, 1.165) is 0 Å². The van der Waals surface area contributed by atoms with Gasteiger partial charge in [0, 0.05) is 5.56 Å². The molecule has 0 unspecified atom stereocenters. The molecule has 0 saturated heterocycles. The van der Waals surface area contributed by atoms with Crippen LogP contribution in [0.15, 0.2) is 30.3 Å². The zero-order chi connectivity index (χ0) is 12.0. The highest BCUT2D eigenvalue weighted by atomic mass is 16.4. The Hall–Kier alpha value is -1.84. The molecule has 0 saturated carbocycles. The first kappa shape index (κ1) is 12.2. The number of rotatable bonds is 5. The van der Waals surface area contributed by atoms with Crippen LogP contribution in [0, 0.1) is 0 Å². The minimum atomic E-state index is -0.994. The van der Waals surface area contributed by atoms with Crippen LogP contribution < -0.4 is 5.32 Å². The molecule has 0 fully saturated rings. The number of hydrogen-bond donors (Lipinski definition) is 2. The number of benzene rings is 1. The first-order valence-electron chi connectivity index (χ1n) is 5.24. The molecule has 0 aromatic heterocycles. The maximum Gasteiger partial charge on any atom is 0.326 e. The Bertz CT molecular complexity index is 362. The predicted octanol–water partition coefficient (Wildman–Crippen LogP) is 1.67. The second-order valence-electron chi connectivity index (χ2n) is 3.52. The number of carboxylic acid groups (broad SMARTS) is 1. The lowest BCUT2D eigenvalue weighted by Gasteiger charge is -2.13. The Morgan fingerprint density at radius 1 is 1.31 bits per heavy atom. The first-order valence-corrected chi connectivity index (χ1v) is 5.24. The number of amides is 1. The van der Waals surface area contributed by atoms with Gasteiger partial charge >= 0.3 is 5.97 Å². The number of carbonyl (C=O) groups excluding carboxylic acids is 1. The summed E-state index contributed by atoms with van der Waals surface area (Å²) in [4.78, 5) is 22.5. The molecule has 0 radical (unpaired) electrons. The van der Waals surface area contributed by atoms with Crippen LogP contribution in [0.1, 0.15) is 30.1 Å². The van der Waals surface area contributed by atoms with Crippen LogP contribution in [-0.2, 0) is 4.79 Å². The first-order chi connectivity index (χ1) is 7.65. The van der Waals surface area contributed by atoms with Gasteiger partial charge in [-0.2, -0.15) is 0 Å². The molecule has 1 atom stereocenters. The van der Waals surface area contributed by atoms with Crippen LogP contribution in [0.25, 0.3) is 0 Å². The Morgan fingerprint density at radius 2 is 1.94 bits per heavy atom. The molecule has 2 N–H and O–H groups in total. The Balaban J connectivity index is 2.65. The third-order valence-corrected chi connectivity index (χ3v) is 2.22. The second-order valence-corrected chi connectivity index (χ2v) is 3.52. The lowest BCUT2D eigenvalue weighted by Crippen LogP contribution is -2.40. The summed E-state index contributed by atoms with van der Waals surface area (Å²) < 4.78 is 0. The van der Waals surface area contributed by atoms with E-state index in [1.165, 1.54) is 0 Å². The molecule has 0 aliphatic heterocycles. The van der Waals surface area contributed by atoms with Gasteiger partial charge in [0.25, 0.3) is 5.91 Å². The van der Waals surface area contributed by atoms with Crippen molar-refractivity contribution in [2.75, 3.05) is 0 Å². The number of nitrogens with one attached hydrogen (secondary N) is 1. The van der Waals surface area contributed by atoms with E-state index in [1.807, 2.05) is 6.92 Å². The number of carbonyl (C=O) groups is 2. The highest BCUT2D eigenvalue weighted by molar-refractivity contribution is 5.96. The molecule has 0 heterocycles. The van der Waals surface area contributed by atoms with Crippen molar-refractivity contribution < 1.29 is 14.7 Å². The summed E-state index contributed by atoms with van der Waals surface area (Å²) in [5.41, 5.74) is 0.477. The van der Waals surface area contributed by atoms with Crippen molar-refractivity contribution in [3.8, 4) is 0 Å². The highest BCUT2D eigenvalue weighted by Crippen LogP contribution is 2.02. The highest BCUT2D eigenvalue weighted by Gasteiger charge is 2.19. The molecule has 1 rings (SSSR count). The van der Waals surface area contributed by atoms with Gasteiger partial charge in [-0.3, -0.25) is 4.79 Å². The van der Waals surface area contributed by atoms with Crippen LogP contribution in [0.5, 0.6) is 0 Å². The normalized spacial score (nSPS) is 11.8. The topological polar surface area (TPSA) is 66.4 Å². The van der Waals surface area contributed by atoms with Crippen molar-refractivity contribution in [1.29, 1.82) is 0 Å². The van der Waals surface area contributed by atoms with E-state index in [0.29, 0.717) is 18.4 Å². The van der Waals surface area contributed by atoms with Crippen molar-refractivity contribution >= 4 is 11.9 Å². The van der Waals surface area contributed by atoms with Gasteiger partial charge in [-0.15, -0.1) is 0 Å². The van der Waals surface area contributed by atoms with E-state index < -0.39 is 12.0 Å². The Kier molecular flexibility index (Phi) is 4.51. The summed E-state index contributed by atoms with van der Waals surface area (Å²) in [6.07, 6.45) is 1.15. The van der Waals surface area contributed by atoms with E-state index in [9.17, 15) is 9.59 Å². The van der Waals surface area contributed by atoms with Crippen molar-refractivity contribution in [3.05, 3.63) is 35.9 Å². The summed E-state index contributed by atoms with van der Waals surface area (Å²) in [6.45, 7) is 1.88. The van der Waals surface area contributed by atoms with Crippen LogP contribution >= 0.6 is 0 Å².